The number of carbonyl (C=O) groups excluding carboxylic acids is 2. The monoisotopic (exact) mass is 490 g/mol. The van der Waals surface area contributed by atoms with Gasteiger partial charge in [-0.05, 0) is 66.9 Å². The van der Waals surface area contributed by atoms with Gasteiger partial charge in [0.2, 0.25) is 11.8 Å². The molecule has 0 bridgehead atoms. The molecular weight excluding hydrogens is 464 g/mol. The molecule has 10 nitrogen and oxygen atoms in total. The average Bonchev–Trinajstić information content (AvgIpc) is 2.85. The molecule has 3 aromatic carbocycles. The van der Waals surface area contributed by atoms with E-state index in [0.717, 1.165) is 11.1 Å². The number of para-hydroxylation sites is 1. The molecule has 186 valence electrons. The van der Waals surface area contributed by atoms with E-state index in [-0.39, 0.29) is 18.7 Å². The van der Waals surface area contributed by atoms with Gasteiger partial charge in [0.05, 0.1) is 17.7 Å². The number of hydrazone groups is 1. The summed E-state index contributed by atoms with van der Waals surface area (Å²) in [5.74, 6) is -0.0212. The number of carbonyl (C=O) groups is 2. The van der Waals surface area contributed by atoms with E-state index < -0.39 is 16.7 Å². The minimum atomic E-state index is -0.551. The van der Waals surface area contributed by atoms with Crippen LogP contribution in [0.15, 0.2) is 71.8 Å². The van der Waals surface area contributed by atoms with Gasteiger partial charge in [-0.15, -0.1) is 0 Å². The lowest BCUT2D eigenvalue weighted by molar-refractivity contribution is -0.384. The van der Waals surface area contributed by atoms with E-state index in [4.69, 9.17) is 9.47 Å². The van der Waals surface area contributed by atoms with E-state index in [1.54, 1.807) is 42.5 Å². The molecule has 3 aromatic rings. The van der Waals surface area contributed by atoms with E-state index in [0.29, 0.717) is 29.4 Å². The second kappa shape index (κ2) is 12.7. The topological polar surface area (TPSA) is 132 Å². The number of hydrogen-bond donors (Lipinski definition) is 2. The van der Waals surface area contributed by atoms with E-state index in [1.807, 2.05) is 26.0 Å². The Morgan fingerprint density at radius 1 is 1.00 bits per heavy atom. The normalized spacial score (nSPS) is 10.6. The zero-order chi connectivity index (χ0) is 25.9. The summed E-state index contributed by atoms with van der Waals surface area (Å²) in [7, 11) is 0. The number of amides is 2. The van der Waals surface area contributed by atoms with Crippen LogP contribution >= 0.6 is 0 Å². The fraction of sp³-hybridized carbons (Fsp3) is 0.192. The summed E-state index contributed by atoms with van der Waals surface area (Å²) in [6.45, 7) is 4.30. The third-order valence-corrected chi connectivity index (χ3v) is 4.95. The summed E-state index contributed by atoms with van der Waals surface area (Å²) in [5.41, 5.74) is 5.31. The number of non-ortho nitro benzene ring substituents is 1. The van der Waals surface area contributed by atoms with Crippen LogP contribution in [0.4, 0.5) is 11.4 Å². The highest BCUT2D eigenvalue weighted by atomic mass is 16.6. The van der Waals surface area contributed by atoms with Crippen molar-refractivity contribution in [2.45, 2.75) is 26.9 Å². The van der Waals surface area contributed by atoms with Gasteiger partial charge in [0.15, 0.2) is 11.5 Å². The predicted octanol–water partition coefficient (Wildman–Crippen LogP) is 4.36. The number of nitrogens with one attached hydrogen (secondary N) is 2. The molecule has 0 spiro atoms. The molecule has 0 saturated heterocycles. The average molecular weight is 491 g/mol. The van der Waals surface area contributed by atoms with Gasteiger partial charge >= 0.3 is 0 Å². The smallest absolute Gasteiger partial charge is 0.269 e. The maximum atomic E-state index is 12.1. The highest BCUT2D eigenvalue weighted by Crippen LogP contribution is 2.29. The van der Waals surface area contributed by atoms with E-state index in [1.165, 1.54) is 18.3 Å². The molecule has 0 aromatic heterocycles. The predicted molar refractivity (Wildman–Crippen MR) is 135 cm³/mol. The standard InChI is InChI=1S/C26H26N4O6/c1-3-35-24-14-20(10-13-23(24)36-17-19-8-11-21(12-9-19)30(33)34)16-27-29-26(32)15-25(31)28-22-7-5-4-6-18(22)2/h4-14,16H,3,15,17H2,1-2H3,(H,28,31)(H,29,32). The van der Waals surface area contributed by atoms with Gasteiger partial charge in [0.1, 0.15) is 13.0 Å². The van der Waals surface area contributed by atoms with Crippen molar-refractivity contribution in [2.75, 3.05) is 11.9 Å². The molecule has 0 heterocycles. The number of nitrogens with zero attached hydrogens (tertiary/aromatic N) is 2. The second-order valence-electron chi connectivity index (χ2n) is 7.68. The molecule has 36 heavy (non-hydrogen) atoms. The first kappa shape index (κ1) is 25.9. The third kappa shape index (κ3) is 7.66. The SMILES string of the molecule is CCOc1cc(C=NNC(=O)CC(=O)Nc2ccccc2C)ccc1OCc1ccc([N+](=O)[O-])cc1. The van der Waals surface area contributed by atoms with Crippen LogP contribution < -0.4 is 20.2 Å². The Labute approximate surface area is 208 Å². The fourth-order valence-corrected chi connectivity index (χ4v) is 3.14. The summed E-state index contributed by atoms with van der Waals surface area (Å²) in [4.78, 5) is 34.5. The van der Waals surface area contributed by atoms with Crippen molar-refractivity contribution in [2.24, 2.45) is 5.10 Å². The second-order valence-corrected chi connectivity index (χ2v) is 7.68. The number of nitro benzene ring substituents is 1. The minimum absolute atomic E-state index is 0.0106. The number of nitro groups is 1. The van der Waals surface area contributed by atoms with Gasteiger partial charge in [-0.1, -0.05) is 18.2 Å². The van der Waals surface area contributed by atoms with Crippen molar-refractivity contribution in [1.29, 1.82) is 0 Å². The number of aryl methyl sites for hydroxylation is 1. The van der Waals surface area contributed by atoms with Crippen LogP contribution in [-0.2, 0) is 16.2 Å². The zero-order valence-electron chi connectivity index (χ0n) is 19.9. The zero-order valence-corrected chi connectivity index (χ0v) is 19.9. The van der Waals surface area contributed by atoms with Gasteiger partial charge in [-0.2, -0.15) is 5.10 Å². The number of ether oxygens (including phenoxy) is 2. The largest absolute Gasteiger partial charge is 0.490 e. The summed E-state index contributed by atoms with van der Waals surface area (Å²) in [6, 6.07) is 18.5. The van der Waals surface area contributed by atoms with Crippen LogP contribution in [0, 0.1) is 17.0 Å². The molecule has 0 radical (unpaired) electrons. The van der Waals surface area contributed by atoms with Crippen molar-refractivity contribution >= 4 is 29.4 Å². The fourth-order valence-electron chi connectivity index (χ4n) is 3.14. The lowest BCUT2D eigenvalue weighted by Gasteiger charge is -2.12. The van der Waals surface area contributed by atoms with Crippen LogP contribution in [0.25, 0.3) is 0 Å². The van der Waals surface area contributed by atoms with Crippen molar-refractivity contribution in [3.05, 3.63) is 93.5 Å². The summed E-state index contributed by atoms with van der Waals surface area (Å²) >= 11 is 0. The van der Waals surface area contributed by atoms with Crippen LogP contribution in [0.1, 0.15) is 30.0 Å². The molecule has 0 unspecified atom stereocenters. The molecule has 2 amide bonds. The quantitative estimate of drug-likeness (QED) is 0.178. The Bertz CT molecular complexity index is 1260. The Balaban J connectivity index is 1.55. The van der Waals surface area contributed by atoms with Gasteiger partial charge in [0, 0.05) is 17.8 Å². The van der Waals surface area contributed by atoms with Crippen molar-refractivity contribution in [3.8, 4) is 11.5 Å². The Hall–Kier alpha value is -4.73. The molecule has 0 saturated carbocycles. The van der Waals surface area contributed by atoms with Crippen molar-refractivity contribution in [3.63, 3.8) is 0 Å². The molecule has 0 atom stereocenters. The van der Waals surface area contributed by atoms with E-state index in [2.05, 4.69) is 15.8 Å². The molecule has 0 aliphatic rings. The highest BCUT2D eigenvalue weighted by Gasteiger charge is 2.11. The maximum Gasteiger partial charge on any atom is 0.269 e. The van der Waals surface area contributed by atoms with Crippen LogP contribution in [0.5, 0.6) is 11.5 Å². The Morgan fingerprint density at radius 3 is 2.44 bits per heavy atom. The minimum Gasteiger partial charge on any atom is -0.490 e. The Morgan fingerprint density at radius 2 is 1.75 bits per heavy atom. The van der Waals surface area contributed by atoms with Gasteiger partial charge < -0.3 is 14.8 Å². The van der Waals surface area contributed by atoms with Crippen LogP contribution in [0.2, 0.25) is 0 Å². The van der Waals surface area contributed by atoms with Crippen LogP contribution in [0.3, 0.4) is 0 Å². The number of rotatable bonds is 11. The van der Waals surface area contributed by atoms with Gasteiger partial charge in [0.25, 0.3) is 5.69 Å². The van der Waals surface area contributed by atoms with Crippen molar-refractivity contribution in [1.82, 2.24) is 5.43 Å². The highest BCUT2D eigenvalue weighted by molar-refractivity contribution is 6.04. The molecule has 0 fully saturated rings. The molecule has 2 N–H and O–H groups in total. The first-order valence-electron chi connectivity index (χ1n) is 11.2. The Kier molecular flexibility index (Phi) is 9.10. The van der Waals surface area contributed by atoms with Gasteiger partial charge in [-0.3, -0.25) is 19.7 Å². The van der Waals surface area contributed by atoms with Gasteiger partial charge in [-0.25, -0.2) is 5.43 Å². The summed E-state index contributed by atoms with van der Waals surface area (Å²) < 4.78 is 11.5. The van der Waals surface area contributed by atoms with Crippen molar-refractivity contribution < 1.29 is 24.0 Å². The molecule has 0 aliphatic carbocycles. The molecule has 0 aliphatic heterocycles. The van der Waals surface area contributed by atoms with E-state index >= 15 is 0 Å². The number of anilines is 1. The molecular formula is C26H26N4O6. The lowest BCUT2D eigenvalue weighted by Crippen LogP contribution is -2.24. The first-order chi connectivity index (χ1) is 17.4. The maximum absolute atomic E-state index is 12.1. The van der Waals surface area contributed by atoms with E-state index in [9.17, 15) is 19.7 Å². The lowest BCUT2D eigenvalue weighted by atomic mass is 10.2. The third-order valence-electron chi connectivity index (χ3n) is 4.95. The van der Waals surface area contributed by atoms with Crippen LogP contribution in [-0.4, -0.2) is 29.6 Å². The molecule has 10 heteroatoms. The summed E-state index contributed by atoms with van der Waals surface area (Å²) in [5, 5.41) is 17.4. The number of hydrogen-bond acceptors (Lipinski definition) is 7. The first-order valence-corrected chi connectivity index (χ1v) is 11.2. The number of benzene rings is 3. The summed E-state index contributed by atoms with van der Waals surface area (Å²) in [6.07, 6.45) is 1.06. The molecule has 3 rings (SSSR count).